The molecule has 4 fully saturated rings. The van der Waals surface area contributed by atoms with Crippen molar-refractivity contribution in [2.75, 3.05) is 11.9 Å². The summed E-state index contributed by atoms with van der Waals surface area (Å²) >= 11 is 0. The molecule has 1 unspecified atom stereocenters. The van der Waals surface area contributed by atoms with E-state index >= 15 is 0 Å². The van der Waals surface area contributed by atoms with Gasteiger partial charge in [-0.2, -0.15) is 0 Å². The summed E-state index contributed by atoms with van der Waals surface area (Å²) in [5.41, 5.74) is -1.23. The van der Waals surface area contributed by atoms with Gasteiger partial charge in [0.25, 0.3) is 0 Å². The fraction of sp³-hybridized carbons (Fsp3) is 0.605. The number of carboxylic acids is 2. The number of carboxylic acid groups (broad SMARTS) is 2. The van der Waals surface area contributed by atoms with Crippen molar-refractivity contribution in [1.82, 2.24) is 0 Å². The molecule has 0 bridgehead atoms. The Bertz CT molecular complexity index is 1870. The third-order valence-electron chi connectivity index (χ3n) is 15.1. The molecule has 0 radical (unpaired) electrons. The third kappa shape index (κ3) is 6.25. The van der Waals surface area contributed by atoms with Crippen molar-refractivity contribution in [3.05, 3.63) is 47.6 Å². The van der Waals surface area contributed by atoms with Crippen molar-refractivity contribution in [2.24, 2.45) is 50.2 Å². The van der Waals surface area contributed by atoms with Gasteiger partial charge in [-0.3, -0.25) is 14.4 Å². The maximum atomic E-state index is 13.7. The number of hydrogen-bond donors (Lipinski definition) is 5. The van der Waals surface area contributed by atoms with Gasteiger partial charge < -0.3 is 30.5 Å². The largest absolute Gasteiger partial charge is 0.504 e. The van der Waals surface area contributed by atoms with Gasteiger partial charge in [-0.15, -0.1) is 0 Å². The molecular formula is C43H55NO10. The highest BCUT2D eigenvalue weighted by molar-refractivity contribution is 6.04. The second-order valence-electron chi connectivity index (χ2n) is 18.6. The number of ether oxygens (including phenoxy) is 1. The number of phenols is 2. The van der Waals surface area contributed by atoms with Crippen LogP contribution in [0.15, 0.2) is 42.0 Å². The predicted octanol–water partition coefficient (Wildman–Crippen LogP) is 7.67. The topological polar surface area (TPSA) is 188 Å². The number of rotatable bonds is 8. The van der Waals surface area contributed by atoms with Crippen LogP contribution < -0.4 is 5.32 Å². The van der Waals surface area contributed by atoms with E-state index in [1.54, 1.807) is 0 Å². The van der Waals surface area contributed by atoms with Crippen molar-refractivity contribution < 1.29 is 49.1 Å². The van der Waals surface area contributed by atoms with E-state index in [-0.39, 0.29) is 51.9 Å². The molecule has 5 N–H and O–H groups in total. The van der Waals surface area contributed by atoms with Gasteiger partial charge in [0.2, 0.25) is 5.91 Å². The minimum absolute atomic E-state index is 0.0249. The number of carbonyl (C=O) groups is 5. The summed E-state index contributed by atoms with van der Waals surface area (Å²) in [4.78, 5) is 63.4. The van der Waals surface area contributed by atoms with E-state index in [4.69, 9.17) is 9.84 Å². The molecule has 1 aromatic carbocycles. The minimum atomic E-state index is -1.32. The van der Waals surface area contributed by atoms with Gasteiger partial charge in [-0.25, -0.2) is 9.59 Å². The van der Waals surface area contributed by atoms with Crippen LogP contribution in [-0.2, 0) is 28.7 Å². The van der Waals surface area contributed by atoms with Crippen LogP contribution in [0.4, 0.5) is 5.69 Å². The summed E-state index contributed by atoms with van der Waals surface area (Å²) in [5.74, 6) is -4.09. The number of amides is 1. The van der Waals surface area contributed by atoms with Crippen LogP contribution in [0.1, 0.15) is 111 Å². The lowest BCUT2D eigenvalue weighted by atomic mass is 9.33. The van der Waals surface area contributed by atoms with E-state index in [0.717, 1.165) is 62.3 Å². The average molecular weight is 746 g/mol. The molecule has 4 saturated carbocycles. The normalized spacial score (nSPS) is 35.2. The Labute approximate surface area is 316 Å². The number of aliphatic carboxylic acids is 2. The van der Waals surface area contributed by atoms with Gasteiger partial charge in [0.1, 0.15) is 12.4 Å². The first-order chi connectivity index (χ1) is 25.1. The van der Waals surface area contributed by atoms with Crippen LogP contribution in [0.5, 0.6) is 11.5 Å². The summed E-state index contributed by atoms with van der Waals surface area (Å²) in [6.07, 6.45) is 13.2. The number of ketones is 1. The molecule has 5 aliphatic rings. The Hall–Kier alpha value is -4.41. The smallest absolute Gasteiger partial charge is 0.330 e. The average Bonchev–Trinajstić information content (AvgIpc) is 3.08. The number of fused-ring (bicyclic) bond motifs is 7. The van der Waals surface area contributed by atoms with Crippen molar-refractivity contribution in [2.45, 2.75) is 106 Å². The zero-order valence-electron chi connectivity index (χ0n) is 32.3. The second-order valence-corrected chi connectivity index (χ2v) is 18.6. The highest BCUT2D eigenvalue weighted by atomic mass is 16.5. The maximum Gasteiger partial charge on any atom is 0.330 e. The number of allylic oxidation sites excluding steroid dienone is 1. The van der Waals surface area contributed by atoms with E-state index in [2.05, 4.69) is 52.9 Å². The van der Waals surface area contributed by atoms with E-state index in [1.165, 1.54) is 12.2 Å². The number of hydrogen-bond acceptors (Lipinski definition) is 8. The van der Waals surface area contributed by atoms with Gasteiger partial charge in [0.05, 0.1) is 11.1 Å². The number of nitrogens with one attached hydrogen (secondary N) is 1. The van der Waals surface area contributed by atoms with Crippen LogP contribution in [0.25, 0.3) is 6.08 Å². The first-order valence-electron chi connectivity index (χ1n) is 19.2. The molecule has 0 saturated heterocycles. The lowest BCUT2D eigenvalue weighted by Gasteiger charge is -2.70. The Morgan fingerprint density at radius 1 is 0.870 bits per heavy atom. The molecule has 1 amide bonds. The number of anilines is 1. The highest BCUT2D eigenvalue weighted by Gasteiger charge is 2.71. The number of phenolic OH excluding ortho intramolecular Hbond substituents is 2. The third-order valence-corrected chi connectivity index (χ3v) is 15.1. The van der Waals surface area contributed by atoms with Crippen molar-refractivity contribution >= 4 is 41.4 Å². The molecular weight excluding hydrogens is 690 g/mol. The lowest BCUT2D eigenvalue weighted by Crippen LogP contribution is -2.66. The van der Waals surface area contributed by atoms with Crippen LogP contribution >= 0.6 is 0 Å². The Balaban J connectivity index is 1.36. The molecule has 0 heterocycles. The SMILES string of the molecule is CC1(C)CC[C@]2(C(=O)O)CC[C@]3(COC(=O)/C=C/c4cc(O)c(O)cc4NC(=O)/C=C/C(=O)O)C(=CC[C@@H]4[C@@]5(C)CCC(=O)C(C)(C)C5CC[C@]43C)[C@H]2C1. The maximum absolute atomic E-state index is 13.7. The number of benzene rings is 1. The molecule has 0 spiro atoms. The van der Waals surface area contributed by atoms with Crippen LogP contribution in [0.2, 0.25) is 0 Å². The number of carbonyl (C=O) groups excluding carboxylic acids is 3. The quantitative estimate of drug-likeness (QED) is 0.0581. The molecule has 0 aliphatic heterocycles. The second kappa shape index (κ2) is 13.4. The molecule has 5 aliphatic carbocycles. The molecule has 1 aromatic rings. The van der Waals surface area contributed by atoms with Crippen LogP contribution in [0, 0.1) is 50.2 Å². The van der Waals surface area contributed by atoms with Crippen molar-refractivity contribution in [1.29, 1.82) is 0 Å². The van der Waals surface area contributed by atoms with E-state index < -0.39 is 51.6 Å². The Morgan fingerprint density at radius 2 is 1.56 bits per heavy atom. The van der Waals surface area contributed by atoms with Gasteiger partial charge in [-0.05, 0) is 104 Å². The molecule has 7 atom stereocenters. The molecule has 0 aromatic heterocycles. The van der Waals surface area contributed by atoms with Gasteiger partial charge in [0, 0.05) is 47.1 Å². The Morgan fingerprint density at radius 3 is 2.24 bits per heavy atom. The monoisotopic (exact) mass is 745 g/mol. The first-order valence-corrected chi connectivity index (χ1v) is 19.2. The zero-order chi connectivity index (χ0) is 39.6. The molecule has 54 heavy (non-hydrogen) atoms. The van der Waals surface area contributed by atoms with Gasteiger partial charge in [-0.1, -0.05) is 53.2 Å². The van der Waals surface area contributed by atoms with E-state index in [9.17, 15) is 39.3 Å². The van der Waals surface area contributed by atoms with Gasteiger partial charge in [0.15, 0.2) is 11.5 Å². The van der Waals surface area contributed by atoms with Crippen LogP contribution in [0.3, 0.4) is 0 Å². The molecule has 6 rings (SSSR count). The minimum Gasteiger partial charge on any atom is -0.504 e. The summed E-state index contributed by atoms with van der Waals surface area (Å²) in [7, 11) is 0. The highest BCUT2D eigenvalue weighted by Crippen LogP contribution is 2.75. The number of aromatic hydroxyl groups is 2. The van der Waals surface area contributed by atoms with Crippen LogP contribution in [-0.4, -0.2) is 56.6 Å². The summed E-state index contributed by atoms with van der Waals surface area (Å²) in [6.45, 7) is 13.3. The molecule has 292 valence electrons. The standard InChI is InChI=1S/C43H55NO10/c1-38(2)17-18-42(37(52)53)19-20-43(24-54-36(51)12-7-25-21-29(45)30(46)22-28(25)44-34(48)10-11-35(49)50)26(27(42)23-38)8-9-32-40(5)15-14-33(47)39(3,4)31(40)13-16-41(32,43)6/h7-8,10-12,21-22,27,31-32,45-46H,9,13-20,23-24H2,1-6H3,(H,44,48)(H,49,50)(H,52,53)/b11-10+,12-7+/t27-,31?,32-,40+,41-,42+,43+/m1/s1. The number of esters is 1. The lowest BCUT2D eigenvalue weighted by molar-refractivity contribution is -0.202. The number of Topliss-reactive ketones (excluding diaryl/α,β-unsaturated/α-hetero) is 1. The summed E-state index contributed by atoms with van der Waals surface area (Å²) < 4.78 is 6.23. The van der Waals surface area contributed by atoms with E-state index in [1.807, 2.05) is 0 Å². The predicted molar refractivity (Wildman–Crippen MR) is 201 cm³/mol. The van der Waals surface area contributed by atoms with Crippen molar-refractivity contribution in [3.8, 4) is 11.5 Å². The molecule has 11 heteroatoms. The zero-order valence-corrected chi connectivity index (χ0v) is 32.3. The summed E-state index contributed by atoms with van der Waals surface area (Å²) in [6, 6.07) is 2.25. The summed E-state index contributed by atoms with van der Waals surface area (Å²) in [5, 5.41) is 42.5. The van der Waals surface area contributed by atoms with E-state index in [0.29, 0.717) is 37.5 Å². The Kier molecular flexibility index (Phi) is 9.76. The van der Waals surface area contributed by atoms with Crippen molar-refractivity contribution in [3.63, 3.8) is 0 Å². The first kappa shape index (κ1) is 39.3. The fourth-order valence-electron chi connectivity index (χ4n) is 12.1. The van der Waals surface area contributed by atoms with Gasteiger partial charge >= 0.3 is 17.9 Å². The molecule has 11 nitrogen and oxygen atoms in total. The fourth-order valence-corrected chi connectivity index (χ4v) is 12.1.